The monoisotopic (exact) mass is 167 g/mol. The molecule has 66 valence electrons. The number of hydroxylamine groups is 1. The van der Waals surface area contributed by atoms with Crippen molar-refractivity contribution < 1.29 is 4.84 Å². The smallest absolute Gasteiger partial charge is 0.121 e. The van der Waals surface area contributed by atoms with Crippen LogP contribution in [0.15, 0.2) is 23.7 Å². The fraction of sp³-hybridized carbons (Fsp3) is 0.500. The Morgan fingerprint density at radius 3 is 3.17 bits per heavy atom. The lowest BCUT2D eigenvalue weighted by atomic mass is 10.2. The molecule has 0 aromatic heterocycles. The maximum atomic E-state index is 4.90. The zero-order valence-electron chi connectivity index (χ0n) is 7.13. The van der Waals surface area contributed by atoms with E-state index in [9.17, 15) is 0 Å². The number of rotatable bonds is 0. The lowest BCUT2D eigenvalue weighted by Gasteiger charge is -2.26. The molecule has 0 unspecified atom stereocenters. The molecule has 4 heteroatoms. The molecule has 2 heterocycles. The highest BCUT2D eigenvalue weighted by Crippen LogP contribution is 2.09. The minimum atomic E-state index is 0.954. The normalized spacial score (nSPS) is 29.4. The van der Waals surface area contributed by atoms with Crippen molar-refractivity contribution in [1.82, 2.24) is 15.7 Å². The van der Waals surface area contributed by atoms with Crippen molar-refractivity contribution in [3.8, 4) is 0 Å². The summed E-state index contributed by atoms with van der Waals surface area (Å²) in [6, 6.07) is 0. The maximum Gasteiger partial charge on any atom is 0.121 e. The maximum absolute atomic E-state index is 4.90. The van der Waals surface area contributed by atoms with Gasteiger partial charge in [0.1, 0.15) is 6.26 Å². The van der Waals surface area contributed by atoms with Crippen molar-refractivity contribution >= 4 is 0 Å². The molecule has 0 bridgehead atoms. The summed E-state index contributed by atoms with van der Waals surface area (Å²) in [5.41, 5.74) is 5.08. The zero-order chi connectivity index (χ0) is 8.39. The molecule has 0 atom stereocenters. The molecule has 1 saturated heterocycles. The van der Waals surface area contributed by atoms with Crippen molar-refractivity contribution in [2.24, 2.45) is 0 Å². The van der Waals surface area contributed by atoms with Gasteiger partial charge in [-0.15, -0.1) is 0 Å². The van der Waals surface area contributed by atoms with Crippen molar-refractivity contribution in [2.45, 2.75) is 0 Å². The molecular formula is C8H13N3O. The Morgan fingerprint density at radius 2 is 2.50 bits per heavy atom. The topological polar surface area (TPSA) is 36.5 Å². The molecule has 2 N–H and O–H groups in total. The van der Waals surface area contributed by atoms with Crippen LogP contribution < -0.4 is 10.8 Å². The fourth-order valence-electron chi connectivity index (χ4n) is 1.38. The van der Waals surface area contributed by atoms with E-state index in [-0.39, 0.29) is 0 Å². The number of hydrogen-bond donors (Lipinski definition) is 2. The molecule has 2 aliphatic heterocycles. The summed E-state index contributed by atoms with van der Waals surface area (Å²) in [4.78, 5) is 7.17. The van der Waals surface area contributed by atoms with E-state index in [0.29, 0.717) is 0 Å². The van der Waals surface area contributed by atoms with Gasteiger partial charge in [-0.1, -0.05) is 0 Å². The van der Waals surface area contributed by atoms with Gasteiger partial charge < -0.3 is 10.2 Å². The van der Waals surface area contributed by atoms with Gasteiger partial charge in [0.05, 0.1) is 11.4 Å². The lowest BCUT2D eigenvalue weighted by molar-refractivity contribution is 0.183. The summed E-state index contributed by atoms with van der Waals surface area (Å²) in [6.07, 6.45) is 3.58. The molecule has 0 amide bonds. The number of hydrogen-bond acceptors (Lipinski definition) is 4. The summed E-state index contributed by atoms with van der Waals surface area (Å²) >= 11 is 0. The first kappa shape index (κ1) is 7.49. The Kier molecular flexibility index (Phi) is 1.91. The van der Waals surface area contributed by atoms with E-state index < -0.39 is 0 Å². The minimum absolute atomic E-state index is 0.954. The van der Waals surface area contributed by atoms with E-state index in [1.807, 2.05) is 6.08 Å². The van der Waals surface area contributed by atoms with E-state index in [1.165, 1.54) is 5.70 Å². The van der Waals surface area contributed by atoms with Gasteiger partial charge in [-0.2, -0.15) is 0 Å². The third-order valence-electron chi connectivity index (χ3n) is 2.06. The first-order valence-electron chi connectivity index (χ1n) is 4.10. The minimum Gasteiger partial charge on any atom is -0.390 e. The van der Waals surface area contributed by atoms with Gasteiger partial charge in [0.2, 0.25) is 0 Å². The highest BCUT2D eigenvalue weighted by molar-refractivity contribution is 5.25. The van der Waals surface area contributed by atoms with Crippen molar-refractivity contribution in [1.29, 1.82) is 0 Å². The first-order valence-corrected chi connectivity index (χ1v) is 4.10. The second kappa shape index (κ2) is 3.06. The van der Waals surface area contributed by atoms with Crippen molar-refractivity contribution in [3.05, 3.63) is 23.7 Å². The average Bonchev–Trinajstić information content (AvgIpc) is 2.56. The second-order valence-electron chi connectivity index (χ2n) is 3.08. The third kappa shape index (κ3) is 1.38. The van der Waals surface area contributed by atoms with Crippen LogP contribution in [-0.4, -0.2) is 31.6 Å². The predicted molar refractivity (Wildman–Crippen MR) is 45.9 cm³/mol. The molecule has 0 spiro atoms. The molecule has 2 aliphatic rings. The molecule has 0 aromatic rings. The Labute approximate surface area is 71.8 Å². The zero-order valence-corrected chi connectivity index (χ0v) is 7.13. The number of nitrogens with one attached hydrogen (secondary N) is 2. The van der Waals surface area contributed by atoms with Crippen LogP contribution >= 0.6 is 0 Å². The van der Waals surface area contributed by atoms with Crippen LogP contribution in [0.4, 0.5) is 0 Å². The summed E-state index contributed by atoms with van der Waals surface area (Å²) < 4.78 is 0. The van der Waals surface area contributed by atoms with E-state index >= 15 is 0 Å². The Balaban J connectivity index is 2.11. The Bertz CT molecular complexity index is 234. The lowest BCUT2D eigenvalue weighted by Crippen LogP contribution is -2.40. The highest BCUT2D eigenvalue weighted by atomic mass is 16.6. The molecule has 0 saturated carbocycles. The van der Waals surface area contributed by atoms with Crippen LogP contribution in [0.2, 0.25) is 0 Å². The second-order valence-corrected chi connectivity index (χ2v) is 3.08. The number of nitrogens with zero attached hydrogens (tertiary/aromatic N) is 1. The largest absolute Gasteiger partial charge is 0.390 e. The molecule has 0 aliphatic carbocycles. The molecule has 1 fully saturated rings. The van der Waals surface area contributed by atoms with Crippen LogP contribution in [0.3, 0.4) is 0 Å². The van der Waals surface area contributed by atoms with Gasteiger partial charge in [-0.25, -0.2) is 5.48 Å². The van der Waals surface area contributed by atoms with Gasteiger partial charge in [0.25, 0.3) is 0 Å². The fourth-order valence-corrected chi connectivity index (χ4v) is 1.38. The van der Waals surface area contributed by atoms with E-state index in [2.05, 4.69) is 22.7 Å². The number of piperazine rings is 1. The number of allylic oxidation sites excluding steroid dienone is 1. The molecular weight excluding hydrogens is 154 g/mol. The van der Waals surface area contributed by atoms with Gasteiger partial charge in [0.15, 0.2) is 0 Å². The molecule has 0 radical (unpaired) electrons. The van der Waals surface area contributed by atoms with E-state index in [0.717, 1.165) is 25.3 Å². The van der Waals surface area contributed by atoms with Crippen LogP contribution in [0.25, 0.3) is 0 Å². The predicted octanol–water partition coefficient (Wildman–Crippen LogP) is -0.219. The molecule has 4 nitrogen and oxygen atoms in total. The first-order chi connectivity index (χ1) is 5.86. The standard InChI is InChI=1S/C8H13N3O/c1-11-4-3-9-8(6-11)7-2-5-12-10-7/h2,5,9-10H,3-4,6H2,1H3/b8-7-. The molecule has 12 heavy (non-hydrogen) atoms. The van der Waals surface area contributed by atoms with Crippen molar-refractivity contribution in [3.63, 3.8) is 0 Å². The van der Waals surface area contributed by atoms with E-state index in [1.54, 1.807) is 6.26 Å². The van der Waals surface area contributed by atoms with Crippen LogP contribution in [-0.2, 0) is 4.84 Å². The molecule has 0 aromatic carbocycles. The summed E-state index contributed by atoms with van der Waals surface area (Å²) in [7, 11) is 2.11. The average molecular weight is 167 g/mol. The van der Waals surface area contributed by atoms with Crippen LogP contribution in [0.1, 0.15) is 0 Å². The summed E-state index contributed by atoms with van der Waals surface area (Å²) in [5.74, 6) is 0. The quantitative estimate of drug-likeness (QED) is 0.523. The SMILES string of the molecule is CN1CCN/C(=C2/C=CON2)C1. The van der Waals surface area contributed by atoms with E-state index in [4.69, 9.17) is 4.84 Å². The van der Waals surface area contributed by atoms with Crippen molar-refractivity contribution in [2.75, 3.05) is 26.7 Å². The van der Waals surface area contributed by atoms with Gasteiger partial charge in [-0.3, -0.25) is 4.90 Å². The van der Waals surface area contributed by atoms with Gasteiger partial charge in [-0.05, 0) is 7.05 Å². The summed E-state index contributed by atoms with van der Waals surface area (Å²) in [6.45, 7) is 3.06. The Morgan fingerprint density at radius 1 is 1.58 bits per heavy atom. The van der Waals surface area contributed by atoms with Gasteiger partial charge in [0, 0.05) is 25.7 Å². The van der Waals surface area contributed by atoms with Crippen LogP contribution in [0, 0.1) is 0 Å². The molecule has 2 rings (SSSR count). The third-order valence-corrected chi connectivity index (χ3v) is 2.06. The van der Waals surface area contributed by atoms with Crippen LogP contribution in [0.5, 0.6) is 0 Å². The Hall–Kier alpha value is -1.16. The van der Waals surface area contributed by atoms with Gasteiger partial charge >= 0.3 is 0 Å². The summed E-state index contributed by atoms with van der Waals surface area (Å²) in [5, 5.41) is 3.34. The number of likely N-dealkylation sites (N-methyl/N-ethyl adjacent to an activating group) is 1. The highest BCUT2D eigenvalue weighted by Gasteiger charge is 2.14.